The van der Waals surface area contributed by atoms with Crippen molar-refractivity contribution in [2.24, 2.45) is 0 Å². The fraction of sp³-hybridized carbons (Fsp3) is 0.421. The third kappa shape index (κ3) is 5.83. The highest BCUT2D eigenvalue weighted by Gasteiger charge is 2.28. The largest absolute Gasteiger partial charge is 0.484 e. The molecule has 0 N–H and O–H groups in total. The first kappa shape index (κ1) is 19.4. The normalized spacial score (nSPS) is 17.6. The molecule has 0 aliphatic carbocycles. The minimum atomic E-state index is -4.37. The van der Waals surface area contributed by atoms with Gasteiger partial charge in [-0.2, -0.15) is 13.2 Å². The van der Waals surface area contributed by atoms with Crippen LogP contribution in [-0.2, 0) is 9.47 Å². The molecule has 5 nitrogen and oxygen atoms in total. The number of alkyl halides is 3. The summed E-state index contributed by atoms with van der Waals surface area (Å²) in [6.45, 7) is 2.42. The van der Waals surface area contributed by atoms with E-state index in [1.165, 1.54) is 6.07 Å². The summed E-state index contributed by atoms with van der Waals surface area (Å²) in [5.74, 6) is 0.605. The third-order valence-electron chi connectivity index (χ3n) is 3.90. The third-order valence-corrected chi connectivity index (χ3v) is 3.90. The summed E-state index contributed by atoms with van der Waals surface area (Å²) < 4.78 is 58.1. The Balaban J connectivity index is 1.66. The first-order chi connectivity index (χ1) is 12.9. The zero-order valence-electron chi connectivity index (χ0n) is 14.8. The van der Waals surface area contributed by atoms with Gasteiger partial charge in [0.25, 0.3) is 0 Å². The molecule has 1 aromatic carbocycles. The molecule has 0 radical (unpaired) electrons. The van der Waals surface area contributed by atoms with Crippen molar-refractivity contribution < 1.29 is 32.1 Å². The van der Waals surface area contributed by atoms with Crippen LogP contribution in [0.1, 0.15) is 5.56 Å². The van der Waals surface area contributed by atoms with Crippen LogP contribution in [0.3, 0.4) is 0 Å². The molecule has 1 aliphatic heterocycles. The van der Waals surface area contributed by atoms with Crippen LogP contribution >= 0.6 is 0 Å². The van der Waals surface area contributed by atoms with Crippen LogP contribution in [0.25, 0.3) is 11.3 Å². The Kier molecular flexibility index (Phi) is 6.18. The van der Waals surface area contributed by atoms with Crippen molar-refractivity contribution in [2.45, 2.75) is 19.2 Å². The molecule has 0 bridgehead atoms. The van der Waals surface area contributed by atoms with E-state index in [1.807, 2.05) is 12.1 Å². The Labute approximate surface area is 155 Å². The standard InChI is InChI=1S/C19H20F3NO4/c1-13-9-14(27-12-19(20,21)22)5-6-16(13)17-3-2-4-18(23-17)26-11-15-10-24-7-8-25-15/h2-6,9,15H,7-8,10-12H2,1H3/t15-/m1/s1. The van der Waals surface area contributed by atoms with Gasteiger partial charge in [0.2, 0.25) is 5.88 Å². The first-order valence-corrected chi connectivity index (χ1v) is 8.50. The average molecular weight is 383 g/mol. The number of nitrogens with zero attached hydrogens (tertiary/aromatic N) is 1. The van der Waals surface area contributed by atoms with Gasteiger partial charge in [-0.3, -0.25) is 0 Å². The number of rotatable bonds is 6. The Hall–Kier alpha value is -2.32. The van der Waals surface area contributed by atoms with Crippen molar-refractivity contribution in [3.8, 4) is 22.9 Å². The number of pyridine rings is 1. The average Bonchev–Trinajstić information content (AvgIpc) is 2.65. The number of aromatic nitrogens is 1. The minimum Gasteiger partial charge on any atom is -0.484 e. The first-order valence-electron chi connectivity index (χ1n) is 8.50. The van der Waals surface area contributed by atoms with Crippen LogP contribution in [0, 0.1) is 6.92 Å². The van der Waals surface area contributed by atoms with E-state index >= 15 is 0 Å². The number of hydrogen-bond acceptors (Lipinski definition) is 5. The van der Waals surface area contributed by atoms with Crippen LogP contribution in [0.2, 0.25) is 0 Å². The lowest BCUT2D eigenvalue weighted by atomic mass is 10.0. The predicted octanol–water partition coefficient (Wildman–Crippen LogP) is 3.79. The van der Waals surface area contributed by atoms with Gasteiger partial charge in [-0.1, -0.05) is 6.07 Å². The Morgan fingerprint density at radius 3 is 2.70 bits per heavy atom. The van der Waals surface area contributed by atoms with E-state index in [4.69, 9.17) is 18.9 Å². The highest BCUT2D eigenvalue weighted by Crippen LogP contribution is 2.28. The lowest BCUT2D eigenvalue weighted by molar-refractivity contribution is -0.153. The predicted molar refractivity (Wildman–Crippen MR) is 92.0 cm³/mol. The minimum absolute atomic E-state index is 0.129. The molecule has 27 heavy (non-hydrogen) atoms. The van der Waals surface area contributed by atoms with Gasteiger partial charge < -0.3 is 18.9 Å². The van der Waals surface area contributed by atoms with Gasteiger partial charge in [0.1, 0.15) is 18.5 Å². The van der Waals surface area contributed by atoms with Crippen LogP contribution in [0.4, 0.5) is 13.2 Å². The van der Waals surface area contributed by atoms with Gasteiger partial charge in [-0.05, 0) is 36.8 Å². The van der Waals surface area contributed by atoms with Crippen molar-refractivity contribution in [3.05, 3.63) is 42.0 Å². The van der Waals surface area contributed by atoms with Crippen LogP contribution < -0.4 is 9.47 Å². The highest BCUT2D eigenvalue weighted by molar-refractivity contribution is 5.65. The van der Waals surface area contributed by atoms with Crippen molar-refractivity contribution in [1.29, 1.82) is 0 Å². The van der Waals surface area contributed by atoms with E-state index in [0.29, 0.717) is 38.0 Å². The van der Waals surface area contributed by atoms with Crippen molar-refractivity contribution in [3.63, 3.8) is 0 Å². The van der Waals surface area contributed by atoms with Crippen LogP contribution in [-0.4, -0.2) is 50.3 Å². The fourth-order valence-electron chi connectivity index (χ4n) is 2.63. The monoisotopic (exact) mass is 383 g/mol. The molecule has 1 aliphatic rings. The number of aryl methyl sites for hydroxylation is 1. The van der Waals surface area contributed by atoms with Gasteiger partial charge in [0.15, 0.2) is 6.61 Å². The molecule has 0 spiro atoms. The molecule has 0 amide bonds. The molecule has 1 atom stereocenters. The molecule has 2 heterocycles. The summed E-state index contributed by atoms with van der Waals surface area (Å²) in [5.41, 5.74) is 2.20. The quantitative estimate of drug-likeness (QED) is 0.760. The lowest BCUT2D eigenvalue weighted by Crippen LogP contribution is -2.33. The topological polar surface area (TPSA) is 49.8 Å². The summed E-state index contributed by atoms with van der Waals surface area (Å²) in [4.78, 5) is 4.46. The van der Waals surface area contributed by atoms with Gasteiger partial charge in [0, 0.05) is 11.6 Å². The maximum absolute atomic E-state index is 12.3. The molecule has 0 unspecified atom stereocenters. The molecule has 8 heteroatoms. The van der Waals surface area contributed by atoms with E-state index in [1.54, 1.807) is 25.1 Å². The Morgan fingerprint density at radius 2 is 2.00 bits per heavy atom. The molecule has 146 valence electrons. The molecule has 1 saturated heterocycles. The molecule has 1 aromatic heterocycles. The second kappa shape index (κ2) is 8.58. The smallest absolute Gasteiger partial charge is 0.422 e. The summed E-state index contributed by atoms with van der Waals surface area (Å²) >= 11 is 0. The van der Waals surface area contributed by atoms with Crippen LogP contribution in [0.15, 0.2) is 36.4 Å². The van der Waals surface area contributed by atoms with Crippen molar-refractivity contribution in [1.82, 2.24) is 4.98 Å². The SMILES string of the molecule is Cc1cc(OCC(F)(F)F)ccc1-c1cccc(OC[C@H]2COCCO2)n1. The van der Waals surface area contributed by atoms with E-state index in [2.05, 4.69) is 4.98 Å². The zero-order valence-corrected chi connectivity index (χ0v) is 14.8. The van der Waals surface area contributed by atoms with Gasteiger partial charge in [-0.25, -0.2) is 4.98 Å². The second-order valence-electron chi connectivity index (χ2n) is 6.12. The molecule has 2 aromatic rings. The summed E-state index contributed by atoms with van der Waals surface area (Å²) in [5, 5.41) is 0. The zero-order chi connectivity index (χ0) is 19.3. The van der Waals surface area contributed by atoms with E-state index in [9.17, 15) is 13.2 Å². The number of halogens is 3. The van der Waals surface area contributed by atoms with E-state index < -0.39 is 12.8 Å². The highest BCUT2D eigenvalue weighted by atomic mass is 19.4. The maximum atomic E-state index is 12.3. The van der Waals surface area contributed by atoms with Crippen molar-refractivity contribution in [2.75, 3.05) is 33.0 Å². The molecular formula is C19H20F3NO4. The maximum Gasteiger partial charge on any atom is 0.422 e. The van der Waals surface area contributed by atoms with Gasteiger partial charge >= 0.3 is 6.18 Å². The van der Waals surface area contributed by atoms with E-state index in [-0.39, 0.29) is 11.9 Å². The number of hydrogen-bond donors (Lipinski definition) is 0. The van der Waals surface area contributed by atoms with Crippen LogP contribution in [0.5, 0.6) is 11.6 Å². The van der Waals surface area contributed by atoms with Gasteiger partial charge in [0.05, 0.1) is 25.5 Å². The molecule has 0 saturated carbocycles. The summed E-state index contributed by atoms with van der Waals surface area (Å²) in [6.07, 6.45) is -4.50. The number of ether oxygens (including phenoxy) is 4. The second-order valence-corrected chi connectivity index (χ2v) is 6.12. The molecular weight excluding hydrogens is 363 g/mol. The van der Waals surface area contributed by atoms with E-state index in [0.717, 1.165) is 11.1 Å². The molecule has 3 rings (SSSR count). The number of benzene rings is 1. The summed E-state index contributed by atoms with van der Waals surface area (Å²) in [6, 6.07) is 10.1. The summed E-state index contributed by atoms with van der Waals surface area (Å²) in [7, 11) is 0. The fourth-order valence-corrected chi connectivity index (χ4v) is 2.63. The van der Waals surface area contributed by atoms with Gasteiger partial charge in [-0.15, -0.1) is 0 Å². The van der Waals surface area contributed by atoms with Crippen molar-refractivity contribution >= 4 is 0 Å². The lowest BCUT2D eigenvalue weighted by Gasteiger charge is -2.22. The Bertz CT molecular complexity index is 761. The Morgan fingerprint density at radius 1 is 1.15 bits per heavy atom. The molecule has 1 fully saturated rings.